The highest BCUT2D eigenvalue weighted by Crippen LogP contribution is 2.15. The average molecular weight is 382 g/mol. The summed E-state index contributed by atoms with van der Waals surface area (Å²) in [6.07, 6.45) is 1.48. The zero-order valence-electron chi connectivity index (χ0n) is 12.7. The summed E-state index contributed by atoms with van der Waals surface area (Å²) < 4.78 is 26.9. The summed E-state index contributed by atoms with van der Waals surface area (Å²) in [6, 6.07) is 5.09. The zero-order chi connectivity index (χ0) is 16.3. The molecule has 1 aliphatic heterocycles. The molecule has 1 saturated heterocycles. The SMILES string of the molecule is CC(NS(=O)(=O)c1ccc(Cl)cc1)C(=O)N1CCC(N)CC1.Cl. The summed E-state index contributed by atoms with van der Waals surface area (Å²) in [5.74, 6) is -0.232. The van der Waals surface area contributed by atoms with Crippen molar-refractivity contribution in [3.05, 3.63) is 29.3 Å². The van der Waals surface area contributed by atoms with Crippen molar-refractivity contribution in [2.75, 3.05) is 13.1 Å². The van der Waals surface area contributed by atoms with Crippen molar-refractivity contribution in [1.29, 1.82) is 0 Å². The average Bonchev–Trinajstić information content (AvgIpc) is 2.47. The van der Waals surface area contributed by atoms with Crippen LogP contribution in [0.25, 0.3) is 0 Å². The number of nitrogens with one attached hydrogen (secondary N) is 1. The molecular weight excluding hydrogens is 361 g/mol. The molecule has 130 valence electrons. The van der Waals surface area contributed by atoms with E-state index in [0.717, 1.165) is 12.8 Å². The monoisotopic (exact) mass is 381 g/mol. The van der Waals surface area contributed by atoms with Gasteiger partial charge in [-0.1, -0.05) is 11.6 Å². The Bertz CT molecular complexity index is 629. The molecule has 1 aromatic rings. The van der Waals surface area contributed by atoms with E-state index in [1.54, 1.807) is 11.8 Å². The van der Waals surface area contributed by atoms with Crippen LogP contribution >= 0.6 is 24.0 Å². The van der Waals surface area contributed by atoms with Gasteiger partial charge in [-0.2, -0.15) is 4.72 Å². The molecule has 23 heavy (non-hydrogen) atoms. The number of carbonyl (C=O) groups excluding carboxylic acids is 1. The molecule has 0 saturated carbocycles. The van der Waals surface area contributed by atoms with Crippen LogP contribution in [-0.2, 0) is 14.8 Å². The second-order valence-corrected chi connectivity index (χ2v) is 7.61. The minimum absolute atomic E-state index is 0. The van der Waals surface area contributed by atoms with Gasteiger partial charge in [0, 0.05) is 24.2 Å². The summed E-state index contributed by atoms with van der Waals surface area (Å²) >= 11 is 5.75. The third-order valence-electron chi connectivity index (χ3n) is 3.68. The minimum Gasteiger partial charge on any atom is -0.341 e. The summed E-state index contributed by atoms with van der Waals surface area (Å²) in [4.78, 5) is 14.0. The van der Waals surface area contributed by atoms with E-state index in [0.29, 0.717) is 18.1 Å². The van der Waals surface area contributed by atoms with Crippen LogP contribution in [0.4, 0.5) is 0 Å². The molecule has 1 unspecified atom stereocenters. The van der Waals surface area contributed by atoms with E-state index in [9.17, 15) is 13.2 Å². The first kappa shape index (κ1) is 20.2. The van der Waals surface area contributed by atoms with Gasteiger partial charge < -0.3 is 10.6 Å². The number of hydrogen-bond acceptors (Lipinski definition) is 4. The fourth-order valence-electron chi connectivity index (χ4n) is 2.36. The van der Waals surface area contributed by atoms with Gasteiger partial charge in [0.2, 0.25) is 15.9 Å². The molecule has 0 spiro atoms. The van der Waals surface area contributed by atoms with Crippen molar-refractivity contribution in [3.8, 4) is 0 Å². The predicted octanol–water partition coefficient (Wildman–Crippen LogP) is 1.38. The van der Waals surface area contributed by atoms with Gasteiger partial charge in [0.1, 0.15) is 0 Å². The number of amides is 1. The first-order chi connectivity index (χ1) is 10.3. The largest absolute Gasteiger partial charge is 0.341 e. The molecule has 0 aliphatic carbocycles. The van der Waals surface area contributed by atoms with Gasteiger partial charge >= 0.3 is 0 Å². The summed E-state index contributed by atoms with van der Waals surface area (Å²) in [7, 11) is -3.75. The molecule has 1 aliphatic rings. The zero-order valence-corrected chi connectivity index (χ0v) is 15.1. The number of likely N-dealkylation sites (tertiary alicyclic amines) is 1. The maximum atomic E-state index is 12.3. The van der Waals surface area contributed by atoms with Gasteiger partial charge in [-0.15, -0.1) is 12.4 Å². The van der Waals surface area contributed by atoms with Crippen LogP contribution in [0.15, 0.2) is 29.2 Å². The van der Waals surface area contributed by atoms with Crippen molar-refractivity contribution in [3.63, 3.8) is 0 Å². The highest BCUT2D eigenvalue weighted by Gasteiger charge is 2.28. The molecule has 2 rings (SSSR count). The Morgan fingerprint density at radius 1 is 1.30 bits per heavy atom. The number of carbonyl (C=O) groups is 1. The lowest BCUT2D eigenvalue weighted by atomic mass is 10.1. The Morgan fingerprint density at radius 3 is 2.35 bits per heavy atom. The van der Waals surface area contributed by atoms with Crippen LogP contribution in [0, 0.1) is 0 Å². The molecule has 1 atom stereocenters. The lowest BCUT2D eigenvalue weighted by molar-refractivity contribution is -0.133. The molecule has 6 nitrogen and oxygen atoms in total. The van der Waals surface area contributed by atoms with E-state index in [4.69, 9.17) is 17.3 Å². The number of rotatable bonds is 4. The molecule has 1 amide bonds. The molecular formula is C14H21Cl2N3O3S. The summed E-state index contributed by atoms with van der Waals surface area (Å²) in [5.41, 5.74) is 5.80. The molecule has 9 heteroatoms. The number of benzene rings is 1. The molecule has 0 radical (unpaired) electrons. The minimum atomic E-state index is -3.75. The Kier molecular flexibility index (Phi) is 7.29. The van der Waals surface area contributed by atoms with Gasteiger partial charge in [-0.05, 0) is 44.0 Å². The fraction of sp³-hybridized carbons (Fsp3) is 0.500. The van der Waals surface area contributed by atoms with E-state index in [1.165, 1.54) is 24.3 Å². The Labute approximate surface area is 147 Å². The quantitative estimate of drug-likeness (QED) is 0.823. The first-order valence-electron chi connectivity index (χ1n) is 7.12. The van der Waals surface area contributed by atoms with Gasteiger partial charge in [0.05, 0.1) is 10.9 Å². The number of hydrogen-bond donors (Lipinski definition) is 2. The van der Waals surface area contributed by atoms with Crippen molar-refractivity contribution in [2.24, 2.45) is 5.73 Å². The van der Waals surface area contributed by atoms with Crippen LogP contribution in [-0.4, -0.2) is 44.4 Å². The molecule has 3 N–H and O–H groups in total. The molecule has 0 aromatic heterocycles. The molecule has 1 fully saturated rings. The van der Waals surface area contributed by atoms with Crippen LogP contribution in [0.3, 0.4) is 0 Å². The lowest BCUT2D eigenvalue weighted by Crippen LogP contribution is -2.50. The third kappa shape index (κ3) is 5.32. The van der Waals surface area contributed by atoms with Gasteiger partial charge in [0.15, 0.2) is 0 Å². The highest BCUT2D eigenvalue weighted by molar-refractivity contribution is 7.89. The number of nitrogens with two attached hydrogens (primary N) is 1. The number of halogens is 2. The number of nitrogens with zero attached hydrogens (tertiary/aromatic N) is 1. The van der Waals surface area contributed by atoms with E-state index >= 15 is 0 Å². The van der Waals surface area contributed by atoms with Gasteiger partial charge in [-0.3, -0.25) is 4.79 Å². The molecule has 0 bridgehead atoms. The van der Waals surface area contributed by atoms with Crippen LogP contribution in [0.1, 0.15) is 19.8 Å². The Balaban J connectivity index is 0.00000264. The van der Waals surface area contributed by atoms with E-state index in [1.807, 2.05) is 0 Å². The number of sulfonamides is 1. The highest BCUT2D eigenvalue weighted by atomic mass is 35.5. The Morgan fingerprint density at radius 2 is 1.83 bits per heavy atom. The standard InChI is InChI=1S/C14H20ClN3O3S.ClH/c1-10(14(19)18-8-6-12(16)7-9-18)17-22(20,21)13-4-2-11(15)3-5-13;/h2-5,10,12,17H,6-9,16H2,1H3;1H. The van der Waals surface area contributed by atoms with Crippen molar-refractivity contribution in [1.82, 2.24) is 9.62 Å². The van der Waals surface area contributed by atoms with Crippen molar-refractivity contribution in [2.45, 2.75) is 36.7 Å². The van der Waals surface area contributed by atoms with Gasteiger partial charge in [0.25, 0.3) is 0 Å². The van der Waals surface area contributed by atoms with Gasteiger partial charge in [-0.25, -0.2) is 8.42 Å². The second-order valence-electron chi connectivity index (χ2n) is 5.46. The first-order valence-corrected chi connectivity index (χ1v) is 8.98. The second kappa shape index (κ2) is 8.30. The maximum absolute atomic E-state index is 12.3. The van der Waals surface area contributed by atoms with E-state index in [-0.39, 0.29) is 29.3 Å². The molecule has 1 heterocycles. The van der Waals surface area contributed by atoms with E-state index in [2.05, 4.69) is 4.72 Å². The van der Waals surface area contributed by atoms with E-state index < -0.39 is 16.1 Å². The fourth-order valence-corrected chi connectivity index (χ4v) is 3.68. The van der Waals surface area contributed by atoms with Crippen LogP contribution in [0.2, 0.25) is 5.02 Å². The third-order valence-corrected chi connectivity index (χ3v) is 5.49. The van der Waals surface area contributed by atoms with Crippen LogP contribution < -0.4 is 10.5 Å². The predicted molar refractivity (Wildman–Crippen MR) is 92.3 cm³/mol. The Hall–Kier alpha value is -0.860. The topological polar surface area (TPSA) is 92.5 Å². The molecule has 1 aromatic carbocycles. The summed E-state index contributed by atoms with van der Waals surface area (Å²) in [5, 5.41) is 0.452. The van der Waals surface area contributed by atoms with Crippen molar-refractivity contribution < 1.29 is 13.2 Å². The van der Waals surface area contributed by atoms with Crippen molar-refractivity contribution >= 4 is 39.9 Å². The smallest absolute Gasteiger partial charge is 0.241 e. The summed E-state index contributed by atoms with van der Waals surface area (Å²) in [6.45, 7) is 2.67. The lowest BCUT2D eigenvalue weighted by Gasteiger charge is -2.32. The maximum Gasteiger partial charge on any atom is 0.241 e. The normalized spacial score (nSPS) is 17.4. The number of piperidine rings is 1. The van der Waals surface area contributed by atoms with Crippen LogP contribution in [0.5, 0.6) is 0 Å².